The summed E-state index contributed by atoms with van der Waals surface area (Å²) in [6.45, 7) is 8.64. The fourth-order valence-electron chi connectivity index (χ4n) is 2.84. The van der Waals surface area contributed by atoms with Crippen LogP contribution in [-0.2, 0) is 6.54 Å². The number of Topliss-reactive ketones (excluding diaryl/α,β-unsaturated/α-hetero) is 1. The SMILES string of the molecule is CCn1c(=NC(=O)c2ccc(C(C)=O)cc2)sc2cc(C(C)C)ccc21. The van der Waals surface area contributed by atoms with Crippen molar-refractivity contribution in [2.45, 2.75) is 40.2 Å². The van der Waals surface area contributed by atoms with E-state index in [1.54, 1.807) is 24.3 Å². The fraction of sp³-hybridized carbons (Fsp3) is 0.286. The average Bonchev–Trinajstić information content (AvgIpc) is 2.97. The Morgan fingerprint density at radius 1 is 1.08 bits per heavy atom. The number of benzene rings is 2. The van der Waals surface area contributed by atoms with Crippen LogP contribution in [0.15, 0.2) is 47.5 Å². The maximum absolute atomic E-state index is 12.6. The third-order valence-corrected chi connectivity index (χ3v) is 5.47. The molecule has 26 heavy (non-hydrogen) atoms. The van der Waals surface area contributed by atoms with E-state index in [-0.39, 0.29) is 11.7 Å². The van der Waals surface area contributed by atoms with Crippen molar-refractivity contribution in [3.8, 4) is 0 Å². The smallest absolute Gasteiger partial charge is 0.279 e. The monoisotopic (exact) mass is 366 g/mol. The largest absolute Gasteiger partial charge is 0.317 e. The summed E-state index contributed by atoms with van der Waals surface area (Å²) in [6.07, 6.45) is 0. The first-order chi connectivity index (χ1) is 12.4. The third kappa shape index (κ3) is 3.53. The quantitative estimate of drug-likeness (QED) is 0.623. The highest BCUT2D eigenvalue weighted by molar-refractivity contribution is 7.16. The minimum Gasteiger partial charge on any atom is -0.317 e. The second kappa shape index (κ2) is 7.38. The summed E-state index contributed by atoms with van der Waals surface area (Å²) in [5, 5.41) is 0. The highest BCUT2D eigenvalue weighted by Gasteiger charge is 2.10. The van der Waals surface area contributed by atoms with E-state index in [0.717, 1.165) is 16.8 Å². The number of carbonyl (C=O) groups is 2. The van der Waals surface area contributed by atoms with Gasteiger partial charge in [-0.25, -0.2) is 0 Å². The minimum atomic E-state index is -0.294. The lowest BCUT2D eigenvalue weighted by Gasteiger charge is -2.05. The molecule has 0 aliphatic rings. The van der Waals surface area contributed by atoms with Crippen LogP contribution in [0.25, 0.3) is 10.2 Å². The van der Waals surface area contributed by atoms with Gasteiger partial charge < -0.3 is 4.57 Å². The molecule has 0 N–H and O–H groups in total. The first-order valence-electron chi connectivity index (χ1n) is 8.74. The first kappa shape index (κ1) is 18.3. The van der Waals surface area contributed by atoms with E-state index in [0.29, 0.717) is 21.8 Å². The molecule has 1 aromatic heterocycles. The van der Waals surface area contributed by atoms with Crippen LogP contribution in [0, 0.1) is 0 Å². The molecule has 0 atom stereocenters. The lowest BCUT2D eigenvalue weighted by Crippen LogP contribution is -2.15. The first-order valence-corrected chi connectivity index (χ1v) is 9.55. The van der Waals surface area contributed by atoms with Crippen molar-refractivity contribution < 1.29 is 9.59 Å². The molecule has 3 aromatic rings. The Bertz CT molecular complexity index is 1040. The van der Waals surface area contributed by atoms with Crippen molar-refractivity contribution in [2.24, 2.45) is 4.99 Å². The van der Waals surface area contributed by atoms with Crippen molar-refractivity contribution in [2.75, 3.05) is 0 Å². The fourth-order valence-corrected chi connectivity index (χ4v) is 3.98. The van der Waals surface area contributed by atoms with Gasteiger partial charge in [0.15, 0.2) is 10.6 Å². The number of amides is 1. The van der Waals surface area contributed by atoms with Crippen molar-refractivity contribution in [3.05, 3.63) is 64.0 Å². The molecule has 0 aliphatic carbocycles. The van der Waals surface area contributed by atoms with Crippen LogP contribution >= 0.6 is 11.3 Å². The molecule has 0 aliphatic heterocycles. The van der Waals surface area contributed by atoms with Gasteiger partial charge in [-0.1, -0.05) is 43.4 Å². The Kier molecular flexibility index (Phi) is 5.18. The lowest BCUT2D eigenvalue weighted by molar-refractivity contribution is 0.0991. The molecule has 134 valence electrons. The molecule has 4 nitrogen and oxygen atoms in total. The van der Waals surface area contributed by atoms with E-state index >= 15 is 0 Å². The Hall–Kier alpha value is -2.53. The van der Waals surface area contributed by atoms with Gasteiger partial charge in [-0.15, -0.1) is 0 Å². The van der Waals surface area contributed by atoms with Gasteiger partial charge >= 0.3 is 0 Å². The summed E-state index contributed by atoms with van der Waals surface area (Å²) >= 11 is 1.53. The summed E-state index contributed by atoms with van der Waals surface area (Å²) < 4.78 is 3.20. The zero-order valence-corrected chi connectivity index (χ0v) is 16.3. The lowest BCUT2D eigenvalue weighted by atomic mass is 10.0. The molecule has 1 amide bonds. The van der Waals surface area contributed by atoms with Gasteiger partial charge in [0.1, 0.15) is 0 Å². The van der Waals surface area contributed by atoms with Gasteiger partial charge in [0.05, 0.1) is 10.2 Å². The number of aryl methyl sites for hydroxylation is 1. The summed E-state index contributed by atoms with van der Waals surface area (Å²) in [5.74, 6) is 0.145. The van der Waals surface area contributed by atoms with Crippen LogP contribution in [-0.4, -0.2) is 16.3 Å². The van der Waals surface area contributed by atoms with Crippen LogP contribution in [0.2, 0.25) is 0 Å². The van der Waals surface area contributed by atoms with Crippen LogP contribution in [0.4, 0.5) is 0 Å². The maximum Gasteiger partial charge on any atom is 0.279 e. The minimum absolute atomic E-state index is 0.0183. The molecule has 1 heterocycles. The second-order valence-corrected chi connectivity index (χ2v) is 7.57. The molecular weight excluding hydrogens is 344 g/mol. The molecular formula is C21H22N2O2S. The molecule has 0 saturated carbocycles. The number of fused-ring (bicyclic) bond motifs is 1. The van der Waals surface area contributed by atoms with Gasteiger partial charge in [0.2, 0.25) is 0 Å². The number of thiazole rings is 1. The summed E-state index contributed by atoms with van der Waals surface area (Å²) in [6, 6.07) is 13.1. The van der Waals surface area contributed by atoms with Gasteiger partial charge in [0.25, 0.3) is 5.91 Å². The predicted molar refractivity (Wildman–Crippen MR) is 106 cm³/mol. The number of aromatic nitrogens is 1. The number of hydrogen-bond donors (Lipinski definition) is 0. The molecule has 2 aromatic carbocycles. The topological polar surface area (TPSA) is 51.4 Å². The molecule has 5 heteroatoms. The Morgan fingerprint density at radius 2 is 1.73 bits per heavy atom. The van der Waals surface area contributed by atoms with E-state index in [4.69, 9.17) is 0 Å². The van der Waals surface area contributed by atoms with Gasteiger partial charge in [0, 0.05) is 17.7 Å². The van der Waals surface area contributed by atoms with Crippen LogP contribution in [0.3, 0.4) is 0 Å². The highest BCUT2D eigenvalue weighted by atomic mass is 32.1. The van der Waals surface area contributed by atoms with Gasteiger partial charge in [-0.3, -0.25) is 9.59 Å². The van der Waals surface area contributed by atoms with Gasteiger partial charge in [-0.05, 0) is 49.6 Å². The van der Waals surface area contributed by atoms with E-state index in [9.17, 15) is 9.59 Å². The Morgan fingerprint density at radius 3 is 2.31 bits per heavy atom. The van der Waals surface area contributed by atoms with Crippen molar-refractivity contribution in [3.63, 3.8) is 0 Å². The van der Waals surface area contributed by atoms with Crippen LogP contribution in [0.5, 0.6) is 0 Å². The number of carbonyl (C=O) groups excluding carboxylic acids is 2. The van der Waals surface area contributed by atoms with Crippen LogP contribution in [0.1, 0.15) is 59.9 Å². The second-order valence-electron chi connectivity index (χ2n) is 6.56. The van der Waals surface area contributed by atoms with E-state index in [2.05, 4.69) is 41.6 Å². The Balaban J connectivity index is 2.05. The molecule has 0 spiro atoms. The normalized spacial score (nSPS) is 12.1. The van der Waals surface area contributed by atoms with Crippen LogP contribution < -0.4 is 4.80 Å². The maximum atomic E-state index is 12.6. The van der Waals surface area contributed by atoms with Crippen molar-refractivity contribution in [1.29, 1.82) is 0 Å². The molecule has 0 saturated heterocycles. The standard InChI is InChI=1S/C21H22N2O2S/c1-5-23-18-11-10-17(13(2)3)12-19(18)26-21(23)22-20(25)16-8-6-15(7-9-16)14(4)24/h6-13H,5H2,1-4H3. The van der Waals surface area contributed by atoms with Crippen molar-refractivity contribution >= 4 is 33.2 Å². The summed E-state index contributed by atoms with van der Waals surface area (Å²) in [4.78, 5) is 29.0. The zero-order valence-electron chi connectivity index (χ0n) is 15.4. The van der Waals surface area contributed by atoms with Gasteiger partial charge in [-0.2, -0.15) is 4.99 Å². The zero-order chi connectivity index (χ0) is 18.8. The molecule has 3 rings (SSSR count). The predicted octanol–water partition coefficient (Wildman–Crippen LogP) is 4.79. The van der Waals surface area contributed by atoms with E-state index in [1.165, 1.54) is 23.8 Å². The summed E-state index contributed by atoms with van der Waals surface area (Å²) in [5.41, 5.74) is 3.45. The number of hydrogen-bond acceptors (Lipinski definition) is 3. The molecule has 0 unspecified atom stereocenters. The number of rotatable bonds is 4. The molecule has 0 bridgehead atoms. The van der Waals surface area contributed by atoms with E-state index in [1.807, 2.05) is 6.92 Å². The number of ketones is 1. The van der Waals surface area contributed by atoms with E-state index < -0.39 is 0 Å². The Labute approximate surface area is 156 Å². The average molecular weight is 366 g/mol. The third-order valence-electron chi connectivity index (χ3n) is 4.43. The van der Waals surface area contributed by atoms with Crippen molar-refractivity contribution in [1.82, 2.24) is 4.57 Å². The highest BCUT2D eigenvalue weighted by Crippen LogP contribution is 2.23. The molecule has 0 radical (unpaired) electrons. The summed E-state index contributed by atoms with van der Waals surface area (Å²) in [7, 11) is 0. The number of nitrogens with zero attached hydrogens (tertiary/aromatic N) is 2. The molecule has 0 fully saturated rings.